The maximum absolute atomic E-state index is 12.4. The van der Waals surface area contributed by atoms with Crippen LogP contribution in [0.3, 0.4) is 0 Å². The molecule has 2 aromatic rings. The van der Waals surface area contributed by atoms with Crippen molar-refractivity contribution in [3.05, 3.63) is 29.3 Å². The van der Waals surface area contributed by atoms with Gasteiger partial charge in [0.1, 0.15) is 10.8 Å². The minimum Gasteiger partial charge on any atom is -0.466 e. The zero-order chi connectivity index (χ0) is 15.0. The van der Waals surface area contributed by atoms with E-state index in [-0.39, 0.29) is 0 Å². The van der Waals surface area contributed by atoms with Crippen LogP contribution in [0.5, 0.6) is 5.75 Å². The van der Waals surface area contributed by atoms with Crippen LogP contribution < -0.4 is 15.4 Å². The van der Waals surface area contributed by atoms with Crippen LogP contribution in [0.4, 0.5) is 10.8 Å². The highest BCUT2D eigenvalue weighted by Gasteiger charge is 2.47. The summed E-state index contributed by atoms with van der Waals surface area (Å²) in [6, 6.07) is 6.94. The minimum atomic E-state index is -1.66. The molecule has 7 nitrogen and oxygen atoms in total. The molecule has 21 heavy (non-hydrogen) atoms. The molecule has 0 unspecified atom stereocenters. The molecule has 1 aliphatic heterocycles. The molecule has 0 saturated heterocycles. The first-order valence-corrected chi connectivity index (χ1v) is 7.02. The maximum atomic E-state index is 12.4. The van der Waals surface area contributed by atoms with Gasteiger partial charge in [-0.3, -0.25) is 14.9 Å². The van der Waals surface area contributed by atoms with Crippen molar-refractivity contribution in [1.29, 1.82) is 0 Å². The number of benzene rings is 1. The Morgan fingerprint density at radius 2 is 2.14 bits per heavy atom. The van der Waals surface area contributed by atoms with Crippen LogP contribution in [0, 0.1) is 6.92 Å². The quantitative estimate of drug-likeness (QED) is 0.822. The van der Waals surface area contributed by atoms with Crippen molar-refractivity contribution in [2.24, 2.45) is 0 Å². The third-order valence-corrected chi connectivity index (χ3v) is 3.82. The minimum absolute atomic E-state index is 0.328. The summed E-state index contributed by atoms with van der Waals surface area (Å²) in [4.78, 5) is 24.5. The lowest BCUT2D eigenvalue weighted by Gasteiger charge is -2.32. The van der Waals surface area contributed by atoms with Gasteiger partial charge in [-0.2, -0.15) is 0 Å². The van der Waals surface area contributed by atoms with Crippen LogP contribution in [0.2, 0.25) is 0 Å². The third-order valence-electron chi connectivity index (χ3n) is 3.06. The van der Waals surface area contributed by atoms with E-state index in [1.54, 1.807) is 31.2 Å². The van der Waals surface area contributed by atoms with Gasteiger partial charge in [0.2, 0.25) is 5.13 Å². The van der Waals surface area contributed by atoms with Crippen LogP contribution in [0.25, 0.3) is 0 Å². The Morgan fingerprint density at radius 3 is 2.86 bits per heavy atom. The lowest BCUT2D eigenvalue weighted by molar-refractivity contribution is -0.143. The number of carbonyl (C=O) groups excluding carboxylic acids is 2. The molecule has 3 rings (SSSR count). The van der Waals surface area contributed by atoms with E-state index in [9.17, 15) is 9.59 Å². The summed E-state index contributed by atoms with van der Waals surface area (Å²) in [7, 11) is 0. The second-order valence-corrected chi connectivity index (χ2v) is 5.85. The first-order chi connectivity index (χ1) is 9.99. The molecule has 0 fully saturated rings. The number of hydrogen-bond donors (Lipinski definition) is 2. The van der Waals surface area contributed by atoms with Crippen LogP contribution in [-0.2, 0) is 9.59 Å². The number of fused-ring (bicyclic) bond motifs is 1. The van der Waals surface area contributed by atoms with Crippen LogP contribution in [-0.4, -0.2) is 27.6 Å². The van der Waals surface area contributed by atoms with Gasteiger partial charge in [0, 0.05) is 0 Å². The zero-order valence-electron chi connectivity index (χ0n) is 11.3. The van der Waals surface area contributed by atoms with Gasteiger partial charge in [0.05, 0.1) is 5.69 Å². The number of aryl methyl sites for hydroxylation is 1. The van der Waals surface area contributed by atoms with Crippen molar-refractivity contribution >= 4 is 34.0 Å². The standard InChI is InChI=1S/C13H12N4O3S/c1-7-16-17-12(21-7)15-11(19)13(2)10(18)14-8-5-3-4-6-9(8)20-13/h3-6H,1-2H3,(H,14,18)(H,15,17,19)/t13-/m0/s1. The lowest BCUT2D eigenvalue weighted by atomic mass is 10.0. The molecule has 1 atom stereocenters. The Labute approximate surface area is 124 Å². The van der Waals surface area contributed by atoms with E-state index in [4.69, 9.17) is 4.74 Å². The molecule has 108 valence electrons. The van der Waals surface area contributed by atoms with Crippen molar-refractivity contribution in [1.82, 2.24) is 10.2 Å². The van der Waals surface area contributed by atoms with Crippen molar-refractivity contribution in [3.8, 4) is 5.75 Å². The molecule has 0 bridgehead atoms. The molecular formula is C13H12N4O3S. The zero-order valence-corrected chi connectivity index (χ0v) is 12.2. The van der Waals surface area contributed by atoms with Gasteiger partial charge < -0.3 is 10.1 Å². The predicted molar refractivity (Wildman–Crippen MR) is 77.4 cm³/mol. The number of para-hydroxylation sites is 2. The first-order valence-electron chi connectivity index (χ1n) is 6.20. The summed E-state index contributed by atoms with van der Waals surface area (Å²) < 4.78 is 5.60. The normalized spacial score (nSPS) is 20.2. The highest BCUT2D eigenvalue weighted by Crippen LogP contribution is 2.33. The summed E-state index contributed by atoms with van der Waals surface area (Å²) >= 11 is 1.22. The molecule has 1 aromatic carbocycles. The summed E-state index contributed by atoms with van der Waals surface area (Å²) in [6.07, 6.45) is 0. The summed E-state index contributed by atoms with van der Waals surface area (Å²) in [5.41, 5.74) is -1.12. The molecule has 2 N–H and O–H groups in total. The number of nitrogens with one attached hydrogen (secondary N) is 2. The fraction of sp³-hybridized carbons (Fsp3) is 0.231. The molecule has 0 radical (unpaired) electrons. The van der Waals surface area contributed by atoms with E-state index in [2.05, 4.69) is 20.8 Å². The Morgan fingerprint density at radius 1 is 1.38 bits per heavy atom. The molecule has 0 aliphatic carbocycles. The van der Waals surface area contributed by atoms with Crippen molar-refractivity contribution < 1.29 is 14.3 Å². The highest BCUT2D eigenvalue weighted by atomic mass is 32.1. The van der Waals surface area contributed by atoms with E-state index in [1.165, 1.54) is 18.3 Å². The van der Waals surface area contributed by atoms with Gasteiger partial charge in [-0.25, -0.2) is 0 Å². The first kappa shape index (κ1) is 13.5. The second-order valence-electron chi connectivity index (χ2n) is 4.67. The maximum Gasteiger partial charge on any atom is 0.280 e. The Balaban J connectivity index is 1.86. The third kappa shape index (κ3) is 2.33. The van der Waals surface area contributed by atoms with Crippen LogP contribution >= 0.6 is 11.3 Å². The van der Waals surface area contributed by atoms with E-state index in [1.807, 2.05) is 0 Å². The number of carbonyl (C=O) groups is 2. The summed E-state index contributed by atoms with van der Waals surface area (Å²) in [5, 5.41) is 13.9. The molecule has 1 aromatic heterocycles. The van der Waals surface area contributed by atoms with Gasteiger partial charge in [-0.05, 0) is 26.0 Å². The molecule has 1 aliphatic rings. The predicted octanol–water partition coefficient (Wildman–Crippen LogP) is 1.57. The van der Waals surface area contributed by atoms with Crippen LogP contribution in [0.1, 0.15) is 11.9 Å². The average Bonchev–Trinajstić information content (AvgIpc) is 2.85. The summed E-state index contributed by atoms with van der Waals surface area (Å²) in [6.45, 7) is 3.19. The Kier molecular flexibility index (Phi) is 3.09. The summed E-state index contributed by atoms with van der Waals surface area (Å²) in [5.74, 6) is -0.672. The van der Waals surface area contributed by atoms with Gasteiger partial charge in [-0.1, -0.05) is 23.5 Å². The lowest BCUT2D eigenvalue weighted by Crippen LogP contribution is -2.56. The van der Waals surface area contributed by atoms with Crippen LogP contribution in [0.15, 0.2) is 24.3 Å². The molecule has 2 heterocycles. The van der Waals surface area contributed by atoms with E-state index in [0.717, 1.165) is 5.01 Å². The van der Waals surface area contributed by atoms with Gasteiger partial charge >= 0.3 is 0 Å². The molecule has 2 amide bonds. The number of amides is 2. The van der Waals surface area contributed by atoms with Gasteiger partial charge in [0.15, 0.2) is 0 Å². The number of nitrogens with zero attached hydrogens (tertiary/aromatic N) is 2. The number of anilines is 2. The van der Waals surface area contributed by atoms with E-state index >= 15 is 0 Å². The topological polar surface area (TPSA) is 93.2 Å². The highest BCUT2D eigenvalue weighted by molar-refractivity contribution is 7.15. The molecule has 0 saturated carbocycles. The monoisotopic (exact) mass is 304 g/mol. The fourth-order valence-corrected chi connectivity index (χ4v) is 2.47. The van der Waals surface area contributed by atoms with Crippen molar-refractivity contribution in [3.63, 3.8) is 0 Å². The molecular weight excluding hydrogens is 292 g/mol. The molecule has 0 spiro atoms. The smallest absolute Gasteiger partial charge is 0.280 e. The number of ether oxygens (including phenoxy) is 1. The Bertz CT molecular complexity index is 730. The SMILES string of the molecule is Cc1nnc(NC(=O)[C@@]2(C)Oc3ccccc3NC2=O)s1. The number of hydrogen-bond acceptors (Lipinski definition) is 6. The van der Waals surface area contributed by atoms with Gasteiger partial charge in [-0.15, -0.1) is 10.2 Å². The van der Waals surface area contributed by atoms with E-state index < -0.39 is 17.4 Å². The van der Waals surface area contributed by atoms with Gasteiger partial charge in [0.25, 0.3) is 17.4 Å². The Hall–Kier alpha value is -2.48. The average molecular weight is 304 g/mol. The van der Waals surface area contributed by atoms with E-state index in [0.29, 0.717) is 16.6 Å². The second kappa shape index (κ2) is 4.81. The fourth-order valence-electron chi connectivity index (χ4n) is 1.88. The largest absolute Gasteiger partial charge is 0.466 e. The number of rotatable bonds is 2. The van der Waals surface area contributed by atoms with Crippen molar-refractivity contribution in [2.75, 3.05) is 10.6 Å². The number of aromatic nitrogens is 2. The van der Waals surface area contributed by atoms with Crippen molar-refractivity contribution in [2.45, 2.75) is 19.4 Å². The molecule has 8 heteroatoms.